The minimum absolute atomic E-state index is 0. The first kappa shape index (κ1) is 24.5. The molecule has 0 aliphatic carbocycles. The Morgan fingerprint density at radius 2 is 1.96 bits per heavy atom. The molecule has 0 saturated heterocycles. The molecule has 0 heterocycles. The number of aliphatic imine (C=N–C) groups is 1. The van der Waals surface area contributed by atoms with Crippen LogP contribution < -0.4 is 20.7 Å². The number of benzene rings is 1. The van der Waals surface area contributed by atoms with Crippen LogP contribution in [0.15, 0.2) is 23.2 Å². The van der Waals surface area contributed by atoms with Crippen LogP contribution in [0.3, 0.4) is 0 Å². The van der Waals surface area contributed by atoms with Gasteiger partial charge in [0.05, 0.1) is 19.1 Å². The number of carbonyl (C=O) groups is 1. The zero-order chi connectivity index (χ0) is 18.9. The number of methoxy groups -OCH3 is 1. The Morgan fingerprint density at radius 1 is 1.27 bits per heavy atom. The van der Waals surface area contributed by atoms with Gasteiger partial charge >= 0.3 is 0 Å². The fraction of sp³-hybridized carbons (Fsp3) is 0.579. The molecule has 0 spiro atoms. The van der Waals surface area contributed by atoms with Crippen LogP contribution in [-0.4, -0.2) is 45.7 Å². The van der Waals surface area contributed by atoms with E-state index in [2.05, 4.69) is 33.9 Å². The zero-order valence-electron chi connectivity index (χ0n) is 16.7. The van der Waals surface area contributed by atoms with E-state index in [4.69, 9.17) is 4.74 Å². The monoisotopic (exact) mass is 476 g/mol. The summed E-state index contributed by atoms with van der Waals surface area (Å²) in [4.78, 5) is 16.4. The summed E-state index contributed by atoms with van der Waals surface area (Å²) in [5.41, 5.74) is 1.83. The van der Waals surface area contributed by atoms with Crippen molar-refractivity contribution in [1.82, 2.24) is 16.0 Å². The van der Waals surface area contributed by atoms with Crippen molar-refractivity contribution < 1.29 is 9.53 Å². The van der Waals surface area contributed by atoms with Gasteiger partial charge in [-0.05, 0) is 45.7 Å². The Balaban J connectivity index is 0.00000625. The van der Waals surface area contributed by atoms with Crippen molar-refractivity contribution >= 4 is 35.8 Å². The van der Waals surface area contributed by atoms with Crippen LogP contribution in [0.5, 0.6) is 5.75 Å². The van der Waals surface area contributed by atoms with Gasteiger partial charge < -0.3 is 20.7 Å². The largest absolute Gasteiger partial charge is 0.496 e. The number of halogens is 1. The van der Waals surface area contributed by atoms with Gasteiger partial charge in [-0.25, -0.2) is 0 Å². The second kappa shape index (κ2) is 12.0. The molecule has 0 atom stereocenters. The molecule has 7 heteroatoms. The lowest BCUT2D eigenvalue weighted by Crippen LogP contribution is -2.41. The molecule has 1 aromatic rings. The van der Waals surface area contributed by atoms with Crippen LogP contribution >= 0.6 is 24.0 Å². The van der Waals surface area contributed by atoms with E-state index >= 15 is 0 Å². The fourth-order valence-electron chi connectivity index (χ4n) is 2.45. The number of ether oxygens (including phenoxy) is 1. The van der Waals surface area contributed by atoms with Crippen molar-refractivity contribution in [3.8, 4) is 5.75 Å². The SMILES string of the molecule is CCNC(=NCC(C)(C)C(=O)NC)NCCc1cc(C)ccc1OC.I. The van der Waals surface area contributed by atoms with Gasteiger partial charge in [0.1, 0.15) is 5.75 Å². The highest BCUT2D eigenvalue weighted by molar-refractivity contribution is 14.0. The number of hydrogen-bond acceptors (Lipinski definition) is 3. The fourth-order valence-corrected chi connectivity index (χ4v) is 2.45. The lowest BCUT2D eigenvalue weighted by Gasteiger charge is -2.21. The first-order valence-corrected chi connectivity index (χ1v) is 8.72. The predicted octanol–water partition coefficient (Wildman–Crippen LogP) is 2.49. The standard InChI is InChI=1S/C19H32N4O2.HI/c1-7-21-18(23-13-19(3,4)17(24)20-5)22-11-10-15-12-14(2)8-9-16(15)25-6;/h8-9,12H,7,10-11,13H2,1-6H3,(H,20,24)(H2,21,22,23);1H. The second-order valence-electron chi connectivity index (χ2n) is 6.65. The summed E-state index contributed by atoms with van der Waals surface area (Å²) >= 11 is 0. The highest BCUT2D eigenvalue weighted by atomic mass is 127. The van der Waals surface area contributed by atoms with Crippen molar-refractivity contribution in [2.45, 2.75) is 34.1 Å². The summed E-state index contributed by atoms with van der Waals surface area (Å²) < 4.78 is 5.42. The zero-order valence-corrected chi connectivity index (χ0v) is 19.1. The minimum atomic E-state index is -0.545. The Labute approximate surface area is 174 Å². The average Bonchev–Trinajstić information content (AvgIpc) is 2.59. The van der Waals surface area contributed by atoms with Gasteiger partial charge in [-0.1, -0.05) is 17.7 Å². The van der Waals surface area contributed by atoms with E-state index in [0.717, 1.165) is 30.8 Å². The van der Waals surface area contributed by atoms with Crippen molar-refractivity contribution in [2.24, 2.45) is 10.4 Å². The number of hydrogen-bond donors (Lipinski definition) is 3. The van der Waals surface area contributed by atoms with E-state index in [-0.39, 0.29) is 29.9 Å². The Morgan fingerprint density at radius 3 is 2.54 bits per heavy atom. The summed E-state index contributed by atoms with van der Waals surface area (Å²) in [6.07, 6.45) is 0.827. The van der Waals surface area contributed by atoms with Crippen molar-refractivity contribution in [1.29, 1.82) is 0 Å². The van der Waals surface area contributed by atoms with Gasteiger partial charge in [0.2, 0.25) is 5.91 Å². The number of carbonyl (C=O) groups excluding carboxylic acids is 1. The van der Waals surface area contributed by atoms with Crippen LogP contribution in [0, 0.1) is 12.3 Å². The highest BCUT2D eigenvalue weighted by Crippen LogP contribution is 2.19. The van der Waals surface area contributed by atoms with Gasteiger partial charge in [0.25, 0.3) is 0 Å². The number of aryl methyl sites for hydroxylation is 1. The topological polar surface area (TPSA) is 74.8 Å². The van der Waals surface area contributed by atoms with E-state index in [1.807, 2.05) is 32.9 Å². The lowest BCUT2D eigenvalue weighted by atomic mass is 9.93. The van der Waals surface area contributed by atoms with E-state index in [1.54, 1.807) is 14.2 Å². The predicted molar refractivity (Wildman–Crippen MR) is 119 cm³/mol. The summed E-state index contributed by atoms with van der Waals surface area (Å²) in [5, 5.41) is 9.22. The quantitative estimate of drug-likeness (QED) is 0.306. The first-order valence-electron chi connectivity index (χ1n) is 8.72. The molecule has 3 N–H and O–H groups in total. The van der Waals surface area contributed by atoms with Crippen molar-refractivity contribution in [2.75, 3.05) is 33.8 Å². The van der Waals surface area contributed by atoms with Gasteiger partial charge in [0, 0.05) is 20.1 Å². The van der Waals surface area contributed by atoms with Gasteiger partial charge in [-0.15, -0.1) is 24.0 Å². The third-order valence-corrected chi connectivity index (χ3v) is 3.94. The Hall–Kier alpha value is -1.51. The molecule has 0 fully saturated rings. The molecule has 0 bridgehead atoms. The summed E-state index contributed by atoms with van der Waals surface area (Å²) in [6, 6.07) is 6.18. The first-order chi connectivity index (χ1) is 11.8. The highest BCUT2D eigenvalue weighted by Gasteiger charge is 2.26. The van der Waals surface area contributed by atoms with Crippen LogP contribution in [0.1, 0.15) is 31.9 Å². The molecule has 0 radical (unpaired) electrons. The van der Waals surface area contributed by atoms with E-state index in [0.29, 0.717) is 12.5 Å². The van der Waals surface area contributed by atoms with Crippen molar-refractivity contribution in [3.05, 3.63) is 29.3 Å². The molecule has 26 heavy (non-hydrogen) atoms. The van der Waals surface area contributed by atoms with Crippen LogP contribution in [0.4, 0.5) is 0 Å². The van der Waals surface area contributed by atoms with Gasteiger partial charge in [-0.2, -0.15) is 0 Å². The van der Waals surface area contributed by atoms with E-state index in [1.165, 1.54) is 5.56 Å². The van der Waals surface area contributed by atoms with Gasteiger partial charge in [0.15, 0.2) is 5.96 Å². The molecule has 1 rings (SSSR count). The normalized spacial score (nSPS) is 11.4. The Bertz CT molecular complexity index is 603. The molecule has 148 valence electrons. The molecular weight excluding hydrogens is 443 g/mol. The van der Waals surface area contributed by atoms with E-state index in [9.17, 15) is 4.79 Å². The molecule has 1 aromatic carbocycles. The summed E-state index contributed by atoms with van der Waals surface area (Å²) in [6.45, 7) is 9.77. The molecule has 0 unspecified atom stereocenters. The van der Waals surface area contributed by atoms with Crippen LogP contribution in [0.25, 0.3) is 0 Å². The molecule has 6 nitrogen and oxygen atoms in total. The number of amides is 1. The van der Waals surface area contributed by atoms with Crippen LogP contribution in [0.2, 0.25) is 0 Å². The number of guanidine groups is 1. The maximum Gasteiger partial charge on any atom is 0.227 e. The molecule has 1 amide bonds. The smallest absolute Gasteiger partial charge is 0.227 e. The number of rotatable bonds is 8. The summed E-state index contributed by atoms with van der Waals surface area (Å²) in [5.74, 6) is 1.60. The molecular formula is C19H33IN4O2. The second-order valence-corrected chi connectivity index (χ2v) is 6.65. The average molecular weight is 476 g/mol. The van der Waals surface area contributed by atoms with Crippen LogP contribution in [-0.2, 0) is 11.2 Å². The molecule has 0 aromatic heterocycles. The summed E-state index contributed by atoms with van der Waals surface area (Å²) in [7, 11) is 3.33. The number of nitrogens with one attached hydrogen (secondary N) is 3. The molecule has 0 saturated carbocycles. The maximum absolute atomic E-state index is 11.9. The maximum atomic E-state index is 11.9. The minimum Gasteiger partial charge on any atom is -0.496 e. The molecule has 0 aliphatic rings. The third kappa shape index (κ3) is 7.80. The third-order valence-electron chi connectivity index (χ3n) is 3.94. The van der Waals surface area contributed by atoms with Gasteiger partial charge in [-0.3, -0.25) is 9.79 Å². The lowest BCUT2D eigenvalue weighted by molar-refractivity contribution is -0.128. The van der Waals surface area contributed by atoms with Crippen molar-refractivity contribution in [3.63, 3.8) is 0 Å². The number of nitrogens with zero attached hydrogens (tertiary/aromatic N) is 1. The van der Waals surface area contributed by atoms with E-state index < -0.39 is 5.41 Å². The molecule has 0 aliphatic heterocycles. The Kier molecular flexibility index (Phi) is 11.3.